The van der Waals surface area contributed by atoms with Gasteiger partial charge in [0.2, 0.25) is 10.0 Å². The molecule has 1 aromatic rings. The molecule has 0 radical (unpaired) electrons. The summed E-state index contributed by atoms with van der Waals surface area (Å²) in [4.78, 5) is 31.9. The molecule has 3 N–H and O–H groups in total. The molecule has 29 heavy (non-hydrogen) atoms. The first-order valence-corrected chi connectivity index (χ1v) is 9.71. The van der Waals surface area contributed by atoms with Gasteiger partial charge in [-0.15, -0.1) is 0 Å². The van der Waals surface area contributed by atoms with Gasteiger partial charge in [-0.1, -0.05) is 0 Å². The lowest BCUT2D eigenvalue weighted by molar-refractivity contribution is -0.384. The summed E-state index contributed by atoms with van der Waals surface area (Å²) in [7, 11) is -3.97. The van der Waals surface area contributed by atoms with Crippen LogP contribution < -0.4 is 5.43 Å². The quantitative estimate of drug-likeness (QED) is 0.280. The highest BCUT2D eigenvalue weighted by molar-refractivity contribution is 7.89. The van der Waals surface area contributed by atoms with Crippen LogP contribution in [0.2, 0.25) is 0 Å². The Balaban J connectivity index is 2.32. The number of benzene rings is 1. The number of rotatable bonds is 9. The fourth-order valence-corrected chi connectivity index (χ4v) is 3.85. The van der Waals surface area contributed by atoms with E-state index in [1.165, 1.54) is 0 Å². The highest BCUT2D eigenvalue weighted by Gasteiger charge is 2.29. The summed E-state index contributed by atoms with van der Waals surface area (Å²) >= 11 is 0. The zero-order chi connectivity index (χ0) is 21.6. The molecule has 1 aromatic carbocycles. The molecule has 1 aliphatic rings. The smallest absolute Gasteiger partial charge is 0.352 e. The third-order valence-corrected chi connectivity index (χ3v) is 5.80. The molecular formula is C15H18N4O9S. The Morgan fingerprint density at radius 1 is 1.24 bits per heavy atom. The van der Waals surface area contributed by atoms with E-state index < -0.39 is 51.1 Å². The van der Waals surface area contributed by atoms with E-state index in [9.17, 15) is 28.1 Å². The average molecular weight is 430 g/mol. The molecule has 0 saturated carbocycles. The predicted octanol–water partition coefficient (Wildman–Crippen LogP) is 0.333. The van der Waals surface area contributed by atoms with Crippen molar-refractivity contribution in [3.63, 3.8) is 0 Å². The van der Waals surface area contributed by atoms with Crippen molar-refractivity contribution in [2.75, 3.05) is 31.7 Å². The maximum absolute atomic E-state index is 12.6. The van der Waals surface area contributed by atoms with Gasteiger partial charge in [-0.2, -0.15) is 9.41 Å². The molecule has 0 unspecified atom stereocenters. The molecule has 14 heteroatoms. The lowest BCUT2D eigenvalue weighted by Gasteiger charge is -2.26. The lowest BCUT2D eigenvalue weighted by atomic mass is 10.2. The van der Waals surface area contributed by atoms with Crippen molar-refractivity contribution in [1.29, 1.82) is 0 Å². The van der Waals surface area contributed by atoms with Gasteiger partial charge in [0.1, 0.15) is 11.4 Å². The van der Waals surface area contributed by atoms with Gasteiger partial charge in [-0.3, -0.25) is 20.3 Å². The lowest BCUT2D eigenvalue weighted by Crippen LogP contribution is -2.40. The number of aliphatic carboxylic acids is 2. The van der Waals surface area contributed by atoms with Gasteiger partial charge in [0.15, 0.2) is 0 Å². The molecule has 1 fully saturated rings. The van der Waals surface area contributed by atoms with Gasteiger partial charge in [-0.05, 0) is 12.1 Å². The van der Waals surface area contributed by atoms with Crippen molar-refractivity contribution in [1.82, 2.24) is 4.31 Å². The van der Waals surface area contributed by atoms with Crippen LogP contribution in [0.15, 0.2) is 28.2 Å². The molecule has 1 saturated heterocycles. The van der Waals surface area contributed by atoms with Crippen molar-refractivity contribution in [3.05, 3.63) is 28.3 Å². The molecule has 0 amide bonds. The average Bonchev–Trinajstić information content (AvgIpc) is 2.68. The molecular weight excluding hydrogens is 412 g/mol. The molecule has 0 atom stereocenters. The molecule has 0 bridgehead atoms. The maximum atomic E-state index is 12.6. The molecule has 158 valence electrons. The molecule has 0 aromatic heterocycles. The molecule has 1 aliphatic heterocycles. The fraction of sp³-hybridized carbons (Fsp3) is 0.400. The number of carboxylic acid groups (broad SMARTS) is 2. The van der Waals surface area contributed by atoms with E-state index in [1.54, 1.807) is 0 Å². The first-order valence-electron chi connectivity index (χ1n) is 8.27. The van der Waals surface area contributed by atoms with Gasteiger partial charge in [-0.25, -0.2) is 13.2 Å². The summed E-state index contributed by atoms with van der Waals surface area (Å²) in [6, 6.07) is 3.07. The molecule has 13 nitrogen and oxygen atoms in total. The summed E-state index contributed by atoms with van der Waals surface area (Å²) in [5.41, 5.74) is 0.774. The Morgan fingerprint density at radius 2 is 1.90 bits per heavy atom. The van der Waals surface area contributed by atoms with Crippen molar-refractivity contribution in [3.8, 4) is 0 Å². The highest BCUT2D eigenvalue weighted by atomic mass is 32.2. The second-order valence-electron chi connectivity index (χ2n) is 5.82. The topological polar surface area (TPSA) is 189 Å². The van der Waals surface area contributed by atoms with Crippen LogP contribution in [0.1, 0.15) is 12.8 Å². The number of carbonyl (C=O) groups is 2. The number of hydrazone groups is 1. The van der Waals surface area contributed by atoms with Crippen LogP contribution in [-0.2, 0) is 24.3 Å². The van der Waals surface area contributed by atoms with Crippen molar-refractivity contribution >= 4 is 39.0 Å². The number of carboxylic acids is 2. The Labute approximate surface area is 164 Å². The van der Waals surface area contributed by atoms with E-state index in [4.69, 9.17) is 14.9 Å². The first kappa shape index (κ1) is 22.2. The standard InChI is InChI=1S/C15H18N4O9S/c20-14(21)4-3-12(15(22)23)17-16-11-2-1-10(9-13(11)19(24)25)29(26,27)18-5-7-28-8-6-18/h1-2,9,16H,3-8H2,(H,20,21)(H,22,23)/b17-12-. The van der Waals surface area contributed by atoms with E-state index in [0.29, 0.717) is 0 Å². The van der Waals surface area contributed by atoms with Gasteiger partial charge < -0.3 is 14.9 Å². The number of nitro groups is 1. The van der Waals surface area contributed by atoms with E-state index >= 15 is 0 Å². The first-order chi connectivity index (χ1) is 13.6. The predicted molar refractivity (Wildman–Crippen MR) is 98.2 cm³/mol. The second-order valence-corrected chi connectivity index (χ2v) is 7.76. The minimum Gasteiger partial charge on any atom is -0.481 e. The van der Waals surface area contributed by atoms with Crippen LogP contribution in [0.4, 0.5) is 11.4 Å². The highest BCUT2D eigenvalue weighted by Crippen LogP contribution is 2.29. The number of hydrogen-bond donors (Lipinski definition) is 3. The number of nitro benzene ring substituents is 1. The summed E-state index contributed by atoms with van der Waals surface area (Å²) in [6.07, 6.45) is -0.902. The molecule has 1 heterocycles. The summed E-state index contributed by atoms with van der Waals surface area (Å²) in [6.45, 7) is 0.659. The summed E-state index contributed by atoms with van der Waals surface area (Å²) < 4.78 is 31.5. The Morgan fingerprint density at radius 3 is 2.45 bits per heavy atom. The van der Waals surface area contributed by atoms with Crippen LogP contribution in [0, 0.1) is 10.1 Å². The third-order valence-electron chi connectivity index (χ3n) is 3.91. The summed E-state index contributed by atoms with van der Waals surface area (Å²) in [5, 5.41) is 32.6. The van der Waals surface area contributed by atoms with Crippen molar-refractivity contribution in [2.45, 2.75) is 17.7 Å². The number of nitrogens with one attached hydrogen (secondary N) is 1. The zero-order valence-electron chi connectivity index (χ0n) is 15.0. The second kappa shape index (κ2) is 9.40. The monoisotopic (exact) mass is 430 g/mol. The molecule has 2 rings (SSSR count). The van der Waals surface area contributed by atoms with Crippen molar-refractivity contribution < 1.29 is 37.9 Å². The fourth-order valence-electron chi connectivity index (χ4n) is 2.42. The Hall–Kier alpha value is -3.10. The van der Waals surface area contributed by atoms with Crippen LogP contribution >= 0.6 is 0 Å². The number of nitrogens with zero attached hydrogens (tertiary/aromatic N) is 3. The van der Waals surface area contributed by atoms with E-state index in [0.717, 1.165) is 22.5 Å². The molecule has 0 spiro atoms. The Bertz CT molecular complexity index is 939. The number of sulfonamides is 1. The normalized spacial score (nSPS) is 15.7. The largest absolute Gasteiger partial charge is 0.481 e. The number of morpholine rings is 1. The van der Waals surface area contributed by atoms with Gasteiger partial charge in [0.25, 0.3) is 5.69 Å². The molecule has 0 aliphatic carbocycles. The zero-order valence-corrected chi connectivity index (χ0v) is 15.8. The van der Waals surface area contributed by atoms with Crippen LogP contribution in [0.25, 0.3) is 0 Å². The van der Waals surface area contributed by atoms with Gasteiger partial charge >= 0.3 is 11.9 Å². The van der Waals surface area contributed by atoms with Crippen LogP contribution in [0.5, 0.6) is 0 Å². The van der Waals surface area contributed by atoms with E-state index in [-0.39, 0.29) is 36.9 Å². The number of anilines is 1. The SMILES string of the molecule is O=C(O)CC/C(=N/Nc1ccc(S(=O)(=O)N2CCOCC2)cc1[N+](=O)[O-])C(=O)O. The van der Waals surface area contributed by atoms with E-state index in [2.05, 4.69) is 10.5 Å². The van der Waals surface area contributed by atoms with Gasteiger partial charge in [0, 0.05) is 25.6 Å². The maximum Gasteiger partial charge on any atom is 0.352 e. The number of ether oxygens (including phenoxy) is 1. The Kier molecular flexibility index (Phi) is 7.19. The number of hydrogen-bond acceptors (Lipinski definition) is 9. The van der Waals surface area contributed by atoms with Gasteiger partial charge in [0.05, 0.1) is 29.5 Å². The minimum atomic E-state index is -3.97. The van der Waals surface area contributed by atoms with E-state index in [1.807, 2.05) is 0 Å². The van der Waals surface area contributed by atoms with Crippen LogP contribution in [-0.4, -0.2) is 71.8 Å². The minimum absolute atomic E-state index is 0.117. The van der Waals surface area contributed by atoms with Crippen LogP contribution in [0.3, 0.4) is 0 Å². The van der Waals surface area contributed by atoms with Crippen molar-refractivity contribution in [2.24, 2.45) is 5.10 Å². The summed E-state index contributed by atoms with van der Waals surface area (Å²) in [5.74, 6) is -2.73. The third kappa shape index (κ3) is 5.69.